The Labute approximate surface area is 93.2 Å². The molecule has 84 valence electrons. The average Bonchev–Trinajstić information content (AvgIpc) is 2.27. The molecule has 0 aliphatic heterocycles. The number of rotatable bonds is 5. The largest absolute Gasteiger partial charge is 0.481 e. The number of hydrogen-bond acceptors (Lipinski definition) is 3. The third-order valence-corrected chi connectivity index (χ3v) is 1.89. The van der Waals surface area contributed by atoms with Crippen molar-refractivity contribution >= 4 is 18.0 Å². The molecule has 4 heteroatoms. The highest BCUT2D eigenvalue weighted by Gasteiger charge is 2.07. The smallest absolute Gasteiger partial charge is 0.311 e. The van der Waals surface area contributed by atoms with Gasteiger partial charge in [-0.25, -0.2) is 0 Å². The minimum atomic E-state index is -1.01. The van der Waals surface area contributed by atoms with E-state index < -0.39 is 11.9 Å². The third-order valence-electron chi connectivity index (χ3n) is 1.89. The van der Waals surface area contributed by atoms with Crippen LogP contribution in [0.25, 0.3) is 6.08 Å². The zero-order valence-corrected chi connectivity index (χ0v) is 8.68. The van der Waals surface area contributed by atoms with Crippen LogP contribution in [-0.2, 0) is 9.59 Å². The molecule has 1 rings (SSSR count). The predicted molar refractivity (Wildman–Crippen MR) is 59.0 cm³/mol. The lowest BCUT2D eigenvalue weighted by atomic mass is 10.2. The minimum Gasteiger partial charge on any atom is -0.481 e. The Morgan fingerprint density at radius 2 is 1.88 bits per heavy atom. The number of carbonyl (C=O) groups is 2. The summed E-state index contributed by atoms with van der Waals surface area (Å²) in [5.74, 6) is -1.16. The second kappa shape index (κ2) is 5.70. The highest BCUT2D eigenvalue weighted by Crippen LogP contribution is 2.13. The molecule has 0 saturated heterocycles. The van der Waals surface area contributed by atoms with Crippen molar-refractivity contribution in [2.24, 2.45) is 0 Å². The van der Waals surface area contributed by atoms with E-state index in [1.165, 1.54) is 0 Å². The van der Waals surface area contributed by atoms with E-state index in [0.29, 0.717) is 5.75 Å². The van der Waals surface area contributed by atoms with Gasteiger partial charge >= 0.3 is 11.9 Å². The van der Waals surface area contributed by atoms with Crippen molar-refractivity contribution < 1.29 is 19.4 Å². The molecular weight excluding hydrogens is 208 g/mol. The van der Waals surface area contributed by atoms with Gasteiger partial charge in [0.1, 0.15) is 5.75 Å². The molecule has 0 saturated carbocycles. The van der Waals surface area contributed by atoms with E-state index in [4.69, 9.17) is 9.84 Å². The molecule has 1 aromatic carbocycles. The molecule has 1 aromatic rings. The monoisotopic (exact) mass is 220 g/mol. The summed E-state index contributed by atoms with van der Waals surface area (Å²) in [6.45, 7) is 3.60. The van der Waals surface area contributed by atoms with Gasteiger partial charge < -0.3 is 9.84 Å². The van der Waals surface area contributed by atoms with Crippen LogP contribution in [0.3, 0.4) is 0 Å². The van der Waals surface area contributed by atoms with Gasteiger partial charge in [-0.1, -0.05) is 24.8 Å². The van der Waals surface area contributed by atoms with Gasteiger partial charge in [-0.05, 0) is 17.7 Å². The average molecular weight is 220 g/mol. The summed E-state index contributed by atoms with van der Waals surface area (Å²) in [7, 11) is 0. The molecule has 0 aliphatic carbocycles. The Morgan fingerprint density at radius 1 is 1.25 bits per heavy atom. The number of ether oxygens (including phenoxy) is 1. The highest BCUT2D eigenvalue weighted by atomic mass is 16.5. The molecule has 0 heterocycles. The minimum absolute atomic E-state index is 0.126. The van der Waals surface area contributed by atoms with Gasteiger partial charge in [0.05, 0.1) is 12.8 Å². The van der Waals surface area contributed by atoms with Crippen LogP contribution in [0.1, 0.15) is 18.4 Å². The van der Waals surface area contributed by atoms with Crippen molar-refractivity contribution in [3.63, 3.8) is 0 Å². The number of carbonyl (C=O) groups excluding carboxylic acids is 1. The van der Waals surface area contributed by atoms with Crippen LogP contribution in [0.4, 0.5) is 0 Å². The van der Waals surface area contributed by atoms with Crippen molar-refractivity contribution in [2.75, 3.05) is 0 Å². The lowest BCUT2D eigenvalue weighted by Crippen LogP contribution is -2.10. The van der Waals surface area contributed by atoms with E-state index in [9.17, 15) is 9.59 Å². The van der Waals surface area contributed by atoms with E-state index in [-0.39, 0.29) is 12.8 Å². The van der Waals surface area contributed by atoms with E-state index in [1.807, 2.05) is 0 Å². The summed E-state index contributed by atoms with van der Waals surface area (Å²) < 4.78 is 4.93. The number of benzene rings is 1. The SMILES string of the molecule is C=Cc1ccc(OC(=O)CCC(=O)O)cc1. The van der Waals surface area contributed by atoms with Gasteiger partial charge in [0.2, 0.25) is 0 Å². The van der Waals surface area contributed by atoms with Crippen LogP contribution in [0.2, 0.25) is 0 Å². The summed E-state index contributed by atoms with van der Waals surface area (Å²) in [5.41, 5.74) is 0.922. The van der Waals surface area contributed by atoms with E-state index in [1.54, 1.807) is 30.3 Å². The Hall–Kier alpha value is -2.10. The molecule has 0 amide bonds. The molecule has 0 unspecified atom stereocenters. The molecule has 0 radical (unpaired) electrons. The fraction of sp³-hybridized carbons (Fsp3) is 0.167. The van der Waals surface area contributed by atoms with Crippen molar-refractivity contribution in [2.45, 2.75) is 12.8 Å². The van der Waals surface area contributed by atoms with Crippen LogP contribution in [0.5, 0.6) is 5.75 Å². The first-order valence-corrected chi connectivity index (χ1v) is 4.77. The maximum Gasteiger partial charge on any atom is 0.311 e. The molecular formula is C12H12O4. The van der Waals surface area contributed by atoms with Crippen molar-refractivity contribution in [3.8, 4) is 5.75 Å². The third kappa shape index (κ3) is 3.96. The number of aliphatic carboxylic acids is 1. The number of carboxylic acid groups (broad SMARTS) is 1. The van der Waals surface area contributed by atoms with Gasteiger partial charge in [-0.15, -0.1) is 0 Å². The molecule has 0 fully saturated rings. The second-order valence-corrected chi connectivity index (χ2v) is 3.14. The molecule has 16 heavy (non-hydrogen) atoms. The predicted octanol–water partition coefficient (Wildman–Crippen LogP) is 2.10. The summed E-state index contributed by atoms with van der Waals surface area (Å²) in [6, 6.07) is 6.78. The van der Waals surface area contributed by atoms with Gasteiger partial charge in [-0.2, -0.15) is 0 Å². The number of esters is 1. The lowest BCUT2D eigenvalue weighted by Gasteiger charge is -2.03. The van der Waals surface area contributed by atoms with Gasteiger partial charge in [0.25, 0.3) is 0 Å². The fourth-order valence-electron chi connectivity index (χ4n) is 1.06. The van der Waals surface area contributed by atoms with Crippen LogP contribution in [-0.4, -0.2) is 17.0 Å². The molecule has 4 nitrogen and oxygen atoms in total. The Morgan fingerprint density at radius 3 is 2.38 bits per heavy atom. The summed E-state index contributed by atoms with van der Waals surface area (Å²) in [4.78, 5) is 21.4. The fourth-order valence-corrected chi connectivity index (χ4v) is 1.06. The van der Waals surface area contributed by atoms with Crippen LogP contribution in [0, 0.1) is 0 Å². The summed E-state index contributed by atoms with van der Waals surface area (Å²) in [5, 5.41) is 8.38. The van der Waals surface area contributed by atoms with Crippen molar-refractivity contribution in [3.05, 3.63) is 36.4 Å². The van der Waals surface area contributed by atoms with E-state index >= 15 is 0 Å². The zero-order chi connectivity index (χ0) is 12.0. The van der Waals surface area contributed by atoms with Crippen molar-refractivity contribution in [1.82, 2.24) is 0 Å². The van der Waals surface area contributed by atoms with Gasteiger partial charge in [0, 0.05) is 0 Å². The highest BCUT2D eigenvalue weighted by molar-refractivity contribution is 5.78. The molecule has 0 spiro atoms. The number of carboxylic acids is 1. The normalized spacial score (nSPS) is 9.50. The Balaban J connectivity index is 2.49. The van der Waals surface area contributed by atoms with Gasteiger partial charge in [-0.3, -0.25) is 9.59 Å². The van der Waals surface area contributed by atoms with Crippen LogP contribution >= 0.6 is 0 Å². The molecule has 0 atom stereocenters. The molecule has 0 aliphatic rings. The molecule has 1 N–H and O–H groups in total. The topological polar surface area (TPSA) is 63.6 Å². The number of hydrogen-bond donors (Lipinski definition) is 1. The maximum atomic E-state index is 11.2. The van der Waals surface area contributed by atoms with E-state index in [0.717, 1.165) is 5.56 Å². The second-order valence-electron chi connectivity index (χ2n) is 3.14. The maximum absolute atomic E-state index is 11.2. The quantitative estimate of drug-likeness (QED) is 0.609. The van der Waals surface area contributed by atoms with Crippen LogP contribution < -0.4 is 4.74 Å². The first-order valence-electron chi connectivity index (χ1n) is 4.77. The molecule has 0 bridgehead atoms. The lowest BCUT2D eigenvalue weighted by molar-refractivity contribution is -0.142. The van der Waals surface area contributed by atoms with Gasteiger partial charge in [0.15, 0.2) is 0 Å². The zero-order valence-electron chi connectivity index (χ0n) is 8.68. The van der Waals surface area contributed by atoms with E-state index in [2.05, 4.69) is 6.58 Å². The summed E-state index contributed by atoms with van der Waals surface area (Å²) in [6.07, 6.45) is 1.33. The Kier molecular flexibility index (Phi) is 4.27. The first-order chi connectivity index (χ1) is 7.61. The van der Waals surface area contributed by atoms with Crippen LogP contribution in [0.15, 0.2) is 30.8 Å². The summed E-state index contributed by atoms with van der Waals surface area (Å²) >= 11 is 0. The Bertz CT molecular complexity index is 392. The first kappa shape index (κ1) is 12.0. The van der Waals surface area contributed by atoms with Crippen molar-refractivity contribution in [1.29, 1.82) is 0 Å². The standard InChI is InChI=1S/C12H12O4/c1-2-9-3-5-10(6-4-9)16-12(15)8-7-11(13)14/h2-6H,1,7-8H2,(H,13,14). The molecule has 0 aromatic heterocycles.